The lowest BCUT2D eigenvalue weighted by Gasteiger charge is -2.13. The van der Waals surface area contributed by atoms with E-state index in [1.54, 1.807) is 35.3 Å². The number of carbonyl (C=O) groups excluding carboxylic acids is 1. The molecule has 0 aliphatic rings. The van der Waals surface area contributed by atoms with Gasteiger partial charge in [-0.05, 0) is 55.0 Å². The molecule has 0 saturated heterocycles. The van der Waals surface area contributed by atoms with Crippen molar-refractivity contribution in [2.45, 2.75) is 19.5 Å². The first-order chi connectivity index (χ1) is 14.1. The van der Waals surface area contributed by atoms with Crippen molar-refractivity contribution < 1.29 is 9.18 Å². The van der Waals surface area contributed by atoms with Gasteiger partial charge in [-0.2, -0.15) is 10.2 Å². The van der Waals surface area contributed by atoms with Gasteiger partial charge in [-0.25, -0.2) is 9.07 Å². The minimum absolute atomic E-state index is 0.158. The van der Waals surface area contributed by atoms with Crippen LogP contribution >= 0.6 is 0 Å². The van der Waals surface area contributed by atoms with E-state index in [1.165, 1.54) is 12.1 Å². The van der Waals surface area contributed by atoms with Crippen LogP contribution in [0.4, 0.5) is 4.39 Å². The van der Waals surface area contributed by atoms with Crippen molar-refractivity contribution in [1.82, 2.24) is 24.9 Å². The number of hydrogen-bond donors (Lipinski definition) is 1. The van der Waals surface area contributed by atoms with Crippen LogP contribution in [0.2, 0.25) is 0 Å². The van der Waals surface area contributed by atoms with E-state index < -0.39 is 0 Å². The van der Waals surface area contributed by atoms with Crippen LogP contribution in [0.25, 0.3) is 5.69 Å². The minimum Gasteiger partial charge on any atom is -0.345 e. The minimum atomic E-state index is -0.295. The van der Waals surface area contributed by atoms with Crippen molar-refractivity contribution in [2.75, 3.05) is 0 Å². The molecule has 6 nitrogen and oxygen atoms in total. The normalized spacial score (nSPS) is 11.9. The molecule has 4 rings (SSSR count). The Hall–Kier alpha value is -3.74. The molecule has 1 unspecified atom stereocenters. The molecule has 4 aromatic rings. The zero-order valence-corrected chi connectivity index (χ0v) is 15.9. The molecular weight excluding hydrogens is 369 g/mol. The first kappa shape index (κ1) is 18.6. The van der Waals surface area contributed by atoms with E-state index in [0.29, 0.717) is 12.1 Å². The number of nitrogens with zero attached hydrogens (tertiary/aromatic N) is 4. The van der Waals surface area contributed by atoms with E-state index in [-0.39, 0.29) is 17.8 Å². The lowest BCUT2D eigenvalue weighted by atomic mass is 10.1. The summed E-state index contributed by atoms with van der Waals surface area (Å²) in [4.78, 5) is 12.7. The van der Waals surface area contributed by atoms with E-state index in [1.807, 2.05) is 48.3 Å². The Morgan fingerprint density at radius 3 is 2.72 bits per heavy atom. The summed E-state index contributed by atoms with van der Waals surface area (Å²) in [7, 11) is 0. The molecule has 0 bridgehead atoms. The average Bonchev–Trinajstić information content (AvgIpc) is 3.41. The quantitative estimate of drug-likeness (QED) is 0.546. The lowest BCUT2D eigenvalue weighted by Crippen LogP contribution is -2.26. The maximum atomic E-state index is 13.1. The van der Waals surface area contributed by atoms with Gasteiger partial charge in [0.15, 0.2) is 0 Å². The summed E-state index contributed by atoms with van der Waals surface area (Å²) in [5, 5.41) is 11.5. The number of rotatable bonds is 6. The Balaban J connectivity index is 1.44. The predicted molar refractivity (Wildman–Crippen MR) is 107 cm³/mol. The number of aromatic nitrogens is 4. The van der Waals surface area contributed by atoms with Gasteiger partial charge in [0.25, 0.3) is 5.91 Å². The highest BCUT2D eigenvalue weighted by Gasteiger charge is 2.14. The smallest absolute Gasteiger partial charge is 0.251 e. The van der Waals surface area contributed by atoms with Crippen LogP contribution in [-0.2, 0) is 6.54 Å². The molecule has 2 heterocycles. The van der Waals surface area contributed by atoms with Gasteiger partial charge in [-0.15, -0.1) is 0 Å². The largest absolute Gasteiger partial charge is 0.345 e. The summed E-state index contributed by atoms with van der Waals surface area (Å²) in [6.07, 6.45) is 7.13. The molecule has 0 saturated carbocycles. The highest BCUT2D eigenvalue weighted by molar-refractivity contribution is 5.94. The van der Waals surface area contributed by atoms with Crippen molar-refractivity contribution in [2.24, 2.45) is 0 Å². The summed E-state index contributed by atoms with van der Waals surface area (Å²) in [5.41, 5.74) is 3.20. The van der Waals surface area contributed by atoms with Gasteiger partial charge in [-0.1, -0.05) is 12.1 Å². The maximum absolute atomic E-state index is 13.1. The second-order valence-corrected chi connectivity index (χ2v) is 6.79. The monoisotopic (exact) mass is 389 g/mol. The van der Waals surface area contributed by atoms with Gasteiger partial charge in [0, 0.05) is 29.7 Å². The molecule has 29 heavy (non-hydrogen) atoms. The molecule has 0 aliphatic carbocycles. The van der Waals surface area contributed by atoms with Crippen molar-refractivity contribution in [3.63, 3.8) is 0 Å². The van der Waals surface area contributed by atoms with Gasteiger partial charge in [0.05, 0.1) is 24.5 Å². The number of benzene rings is 2. The third-order valence-electron chi connectivity index (χ3n) is 4.63. The highest BCUT2D eigenvalue weighted by atomic mass is 19.1. The second kappa shape index (κ2) is 8.10. The Morgan fingerprint density at radius 1 is 1.14 bits per heavy atom. The topological polar surface area (TPSA) is 64.7 Å². The maximum Gasteiger partial charge on any atom is 0.251 e. The van der Waals surface area contributed by atoms with Gasteiger partial charge in [0.1, 0.15) is 5.82 Å². The molecule has 2 aromatic heterocycles. The Bertz CT molecular complexity index is 1100. The Labute approximate surface area is 167 Å². The number of hydrogen-bond acceptors (Lipinski definition) is 3. The highest BCUT2D eigenvalue weighted by Crippen LogP contribution is 2.16. The third kappa shape index (κ3) is 4.40. The van der Waals surface area contributed by atoms with Crippen LogP contribution < -0.4 is 5.32 Å². The van der Waals surface area contributed by atoms with Crippen LogP contribution in [-0.4, -0.2) is 25.5 Å². The van der Waals surface area contributed by atoms with Gasteiger partial charge in [0.2, 0.25) is 0 Å². The predicted octanol–water partition coefficient (Wildman–Crippen LogP) is 3.75. The fourth-order valence-corrected chi connectivity index (χ4v) is 3.05. The van der Waals surface area contributed by atoms with Crippen molar-refractivity contribution >= 4 is 5.91 Å². The van der Waals surface area contributed by atoms with E-state index in [0.717, 1.165) is 16.8 Å². The van der Waals surface area contributed by atoms with Crippen LogP contribution in [0.5, 0.6) is 0 Å². The third-order valence-corrected chi connectivity index (χ3v) is 4.63. The van der Waals surface area contributed by atoms with Gasteiger partial charge in [-0.3, -0.25) is 9.48 Å². The fraction of sp³-hybridized carbons (Fsp3) is 0.136. The first-order valence-corrected chi connectivity index (χ1v) is 9.26. The molecule has 2 aromatic carbocycles. The molecule has 1 N–H and O–H groups in total. The van der Waals surface area contributed by atoms with E-state index in [4.69, 9.17) is 0 Å². The summed E-state index contributed by atoms with van der Waals surface area (Å²) < 4.78 is 16.6. The zero-order valence-electron chi connectivity index (χ0n) is 15.9. The van der Waals surface area contributed by atoms with Crippen molar-refractivity contribution in [3.05, 3.63) is 102 Å². The second-order valence-electron chi connectivity index (χ2n) is 6.79. The van der Waals surface area contributed by atoms with Crippen molar-refractivity contribution in [1.29, 1.82) is 0 Å². The van der Waals surface area contributed by atoms with Crippen LogP contribution in [0.3, 0.4) is 0 Å². The van der Waals surface area contributed by atoms with Gasteiger partial charge < -0.3 is 5.32 Å². The SMILES string of the molecule is CC(NC(=O)c1cccc(Cn2cccn2)c1)c1cnn(-c2ccc(F)cc2)c1. The first-order valence-electron chi connectivity index (χ1n) is 9.26. The van der Waals surface area contributed by atoms with E-state index in [2.05, 4.69) is 15.5 Å². The molecule has 0 radical (unpaired) electrons. The number of amides is 1. The van der Waals surface area contributed by atoms with Crippen LogP contribution in [0, 0.1) is 5.82 Å². The van der Waals surface area contributed by atoms with E-state index in [9.17, 15) is 9.18 Å². The van der Waals surface area contributed by atoms with Gasteiger partial charge >= 0.3 is 0 Å². The van der Waals surface area contributed by atoms with E-state index >= 15 is 0 Å². The molecule has 0 fully saturated rings. The molecule has 146 valence electrons. The lowest BCUT2D eigenvalue weighted by molar-refractivity contribution is 0.0939. The number of carbonyl (C=O) groups is 1. The summed E-state index contributed by atoms with van der Waals surface area (Å²) in [6.45, 7) is 2.51. The van der Waals surface area contributed by atoms with Crippen LogP contribution in [0.15, 0.2) is 79.4 Å². The molecule has 1 atom stereocenters. The molecular formula is C22H20FN5O. The Kier molecular flexibility index (Phi) is 5.20. The number of halogens is 1. The molecule has 0 aliphatic heterocycles. The Morgan fingerprint density at radius 2 is 1.97 bits per heavy atom. The number of nitrogens with one attached hydrogen (secondary N) is 1. The molecule has 1 amide bonds. The standard InChI is InChI=1S/C22H20FN5O/c1-16(19-13-25-28(15-19)21-8-6-20(23)7-9-21)26-22(29)18-5-2-4-17(12-18)14-27-11-3-10-24-27/h2-13,15-16H,14H2,1H3,(H,26,29). The fourth-order valence-electron chi connectivity index (χ4n) is 3.05. The zero-order chi connectivity index (χ0) is 20.2. The summed E-state index contributed by atoms with van der Waals surface area (Å²) >= 11 is 0. The average molecular weight is 389 g/mol. The summed E-state index contributed by atoms with van der Waals surface area (Å²) in [5.74, 6) is -0.453. The van der Waals surface area contributed by atoms with Crippen molar-refractivity contribution in [3.8, 4) is 5.69 Å². The summed E-state index contributed by atoms with van der Waals surface area (Å²) in [6, 6.07) is 15.2. The van der Waals surface area contributed by atoms with Crippen LogP contribution in [0.1, 0.15) is 34.5 Å². The molecule has 0 spiro atoms. The molecule has 7 heteroatoms.